The van der Waals surface area contributed by atoms with Gasteiger partial charge in [0, 0.05) is 42.0 Å². The number of ether oxygens (including phenoxy) is 2. The molecule has 1 fully saturated rings. The van der Waals surface area contributed by atoms with Crippen LogP contribution in [-0.4, -0.2) is 59.0 Å². The zero-order valence-electron chi connectivity index (χ0n) is 17.9. The van der Waals surface area contributed by atoms with Crippen LogP contribution in [0.1, 0.15) is 11.3 Å². The minimum absolute atomic E-state index is 0.303. The highest BCUT2D eigenvalue weighted by molar-refractivity contribution is 7.15. The average Bonchev–Trinajstić information content (AvgIpc) is 3.24. The van der Waals surface area contributed by atoms with Crippen LogP contribution >= 0.6 is 22.9 Å². The Hall–Kier alpha value is -2.78. The standard InChI is InChI=1S/C24H23ClN4O3S/c25-19-5-1-17(2-6-19)15-21-23(30)26-24-29(27-21)22(16-33-24)18-3-7-20(8-4-18)32-14-11-28-9-12-31-13-10-28/h1-8,16H,9-15H2. The fraction of sp³-hybridized carbons (Fsp3) is 0.292. The van der Waals surface area contributed by atoms with Gasteiger partial charge < -0.3 is 9.47 Å². The molecule has 9 heteroatoms. The van der Waals surface area contributed by atoms with E-state index in [1.165, 1.54) is 11.3 Å². The zero-order valence-corrected chi connectivity index (χ0v) is 19.5. The monoisotopic (exact) mass is 482 g/mol. The quantitative estimate of drug-likeness (QED) is 0.399. The van der Waals surface area contributed by atoms with Crippen molar-refractivity contribution in [3.8, 4) is 17.0 Å². The van der Waals surface area contributed by atoms with E-state index in [0.29, 0.717) is 28.7 Å². The third-order valence-electron chi connectivity index (χ3n) is 5.56. The Labute approximate surface area is 200 Å². The molecule has 1 aliphatic rings. The van der Waals surface area contributed by atoms with E-state index in [4.69, 9.17) is 21.1 Å². The normalized spacial score (nSPS) is 14.6. The Bertz CT molecular complexity index is 1280. The molecule has 170 valence electrons. The minimum Gasteiger partial charge on any atom is -0.492 e. The lowest BCUT2D eigenvalue weighted by Crippen LogP contribution is -2.38. The van der Waals surface area contributed by atoms with E-state index in [-0.39, 0.29) is 5.56 Å². The highest BCUT2D eigenvalue weighted by Crippen LogP contribution is 2.26. The van der Waals surface area contributed by atoms with Crippen molar-refractivity contribution in [2.45, 2.75) is 6.42 Å². The molecule has 3 heterocycles. The van der Waals surface area contributed by atoms with Gasteiger partial charge in [0.25, 0.3) is 5.56 Å². The predicted molar refractivity (Wildman–Crippen MR) is 130 cm³/mol. The third-order valence-corrected chi connectivity index (χ3v) is 6.63. The molecular formula is C24H23ClN4O3S. The first kappa shape index (κ1) is 22.0. The van der Waals surface area contributed by atoms with Crippen molar-refractivity contribution < 1.29 is 9.47 Å². The summed E-state index contributed by atoms with van der Waals surface area (Å²) in [5.74, 6) is 0.827. The van der Waals surface area contributed by atoms with Gasteiger partial charge in [0.2, 0.25) is 4.96 Å². The fourth-order valence-electron chi connectivity index (χ4n) is 3.73. The predicted octanol–water partition coefficient (Wildman–Crippen LogP) is 3.77. The van der Waals surface area contributed by atoms with Gasteiger partial charge in [-0.1, -0.05) is 23.7 Å². The van der Waals surface area contributed by atoms with Crippen molar-refractivity contribution in [3.05, 3.63) is 80.5 Å². The van der Waals surface area contributed by atoms with Gasteiger partial charge in [0.05, 0.1) is 18.9 Å². The first-order valence-electron chi connectivity index (χ1n) is 10.8. The average molecular weight is 483 g/mol. The van der Waals surface area contributed by atoms with Crippen molar-refractivity contribution in [2.75, 3.05) is 39.5 Å². The summed E-state index contributed by atoms with van der Waals surface area (Å²) in [6, 6.07) is 15.3. The van der Waals surface area contributed by atoms with E-state index >= 15 is 0 Å². The van der Waals surface area contributed by atoms with Crippen molar-refractivity contribution >= 4 is 27.9 Å². The second-order valence-electron chi connectivity index (χ2n) is 7.81. The largest absolute Gasteiger partial charge is 0.492 e. The number of halogens is 1. The van der Waals surface area contributed by atoms with Gasteiger partial charge in [-0.25, -0.2) is 4.52 Å². The molecule has 0 atom stereocenters. The first-order valence-corrected chi connectivity index (χ1v) is 12.1. The summed E-state index contributed by atoms with van der Waals surface area (Å²) in [4.78, 5) is 19.6. The number of hydrogen-bond donors (Lipinski definition) is 0. The van der Waals surface area contributed by atoms with Crippen LogP contribution < -0.4 is 10.3 Å². The number of hydrogen-bond acceptors (Lipinski definition) is 7. The molecule has 0 amide bonds. The number of morpholine rings is 1. The van der Waals surface area contributed by atoms with Gasteiger partial charge in [-0.05, 0) is 42.0 Å². The highest BCUT2D eigenvalue weighted by atomic mass is 35.5. The second kappa shape index (κ2) is 10.0. The van der Waals surface area contributed by atoms with Crippen LogP contribution in [-0.2, 0) is 11.2 Å². The zero-order chi connectivity index (χ0) is 22.6. The van der Waals surface area contributed by atoms with E-state index in [1.807, 2.05) is 41.8 Å². The maximum atomic E-state index is 12.5. The summed E-state index contributed by atoms with van der Waals surface area (Å²) in [5, 5.41) is 7.25. The fourth-order valence-corrected chi connectivity index (χ4v) is 4.69. The number of rotatable bonds is 7. The van der Waals surface area contributed by atoms with Crippen LogP contribution in [0.2, 0.25) is 5.02 Å². The van der Waals surface area contributed by atoms with Gasteiger partial charge in [0.1, 0.15) is 18.1 Å². The van der Waals surface area contributed by atoms with Crippen LogP contribution in [0.4, 0.5) is 0 Å². The Kier molecular flexibility index (Phi) is 6.68. The maximum Gasteiger partial charge on any atom is 0.296 e. The van der Waals surface area contributed by atoms with Gasteiger partial charge in [-0.15, -0.1) is 11.3 Å². The molecular weight excluding hydrogens is 460 g/mol. The van der Waals surface area contributed by atoms with Crippen molar-refractivity contribution in [2.24, 2.45) is 0 Å². The van der Waals surface area contributed by atoms with Gasteiger partial charge in [-0.2, -0.15) is 10.1 Å². The lowest BCUT2D eigenvalue weighted by atomic mass is 10.1. The summed E-state index contributed by atoms with van der Waals surface area (Å²) in [5.41, 5.74) is 2.93. The Morgan fingerprint density at radius 1 is 1.06 bits per heavy atom. The molecule has 33 heavy (non-hydrogen) atoms. The van der Waals surface area contributed by atoms with Crippen molar-refractivity contribution in [3.63, 3.8) is 0 Å². The molecule has 2 aromatic heterocycles. The molecule has 1 saturated heterocycles. The Morgan fingerprint density at radius 2 is 1.82 bits per heavy atom. The van der Waals surface area contributed by atoms with E-state index in [0.717, 1.165) is 55.4 Å². The third kappa shape index (κ3) is 5.25. The van der Waals surface area contributed by atoms with Crippen molar-refractivity contribution in [1.82, 2.24) is 19.5 Å². The molecule has 2 aromatic carbocycles. The van der Waals surface area contributed by atoms with Crippen LogP contribution in [0, 0.1) is 0 Å². The highest BCUT2D eigenvalue weighted by Gasteiger charge is 2.13. The van der Waals surface area contributed by atoms with Crippen molar-refractivity contribution in [1.29, 1.82) is 0 Å². The van der Waals surface area contributed by atoms with Gasteiger partial charge in [0.15, 0.2) is 0 Å². The molecule has 0 N–H and O–H groups in total. The number of thiazole rings is 1. The van der Waals surface area contributed by atoms with E-state index in [2.05, 4.69) is 15.0 Å². The Balaban J connectivity index is 1.31. The second-order valence-corrected chi connectivity index (χ2v) is 9.08. The van der Waals surface area contributed by atoms with Crippen LogP contribution in [0.3, 0.4) is 0 Å². The number of nitrogens with zero attached hydrogens (tertiary/aromatic N) is 4. The van der Waals surface area contributed by atoms with Gasteiger partial charge in [-0.3, -0.25) is 9.69 Å². The summed E-state index contributed by atoms with van der Waals surface area (Å²) in [7, 11) is 0. The van der Waals surface area contributed by atoms with E-state index in [9.17, 15) is 4.79 Å². The van der Waals surface area contributed by atoms with Crippen LogP contribution in [0.15, 0.2) is 58.7 Å². The Morgan fingerprint density at radius 3 is 2.58 bits per heavy atom. The summed E-state index contributed by atoms with van der Waals surface area (Å²) in [6.45, 7) is 5.02. The number of aromatic nitrogens is 3. The minimum atomic E-state index is -0.303. The molecule has 0 radical (unpaired) electrons. The lowest BCUT2D eigenvalue weighted by molar-refractivity contribution is 0.0322. The molecule has 5 rings (SSSR count). The molecule has 0 aliphatic carbocycles. The van der Waals surface area contributed by atoms with E-state index in [1.54, 1.807) is 16.6 Å². The molecule has 1 aliphatic heterocycles. The number of fused-ring (bicyclic) bond motifs is 1. The SMILES string of the molecule is O=c1nc2scc(-c3ccc(OCCN4CCOCC4)cc3)n2nc1Cc1ccc(Cl)cc1. The molecule has 0 bridgehead atoms. The molecule has 0 spiro atoms. The van der Waals surface area contributed by atoms with E-state index < -0.39 is 0 Å². The summed E-state index contributed by atoms with van der Waals surface area (Å²) >= 11 is 7.36. The maximum absolute atomic E-state index is 12.5. The number of benzene rings is 2. The molecule has 0 unspecified atom stereocenters. The molecule has 7 nitrogen and oxygen atoms in total. The lowest BCUT2D eigenvalue weighted by Gasteiger charge is -2.26. The summed E-state index contributed by atoms with van der Waals surface area (Å²) in [6.07, 6.45) is 0.400. The molecule has 0 saturated carbocycles. The van der Waals surface area contributed by atoms with Crippen LogP contribution in [0.5, 0.6) is 5.75 Å². The smallest absolute Gasteiger partial charge is 0.296 e. The van der Waals surface area contributed by atoms with Gasteiger partial charge >= 0.3 is 0 Å². The first-order chi connectivity index (χ1) is 16.2. The van der Waals surface area contributed by atoms with Crippen LogP contribution in [0.25, 0.3) is 16.2 Å². The topological polar surface area (TPSA) is 69.0 Å². The summed E-state index contributed by atoms with van der Waals surface area (Å²) < 4.78 is 13.0. The molecule has 4 aromatic rings.